The van der Waals surface area contributed by atoms with Crippen molar-refractivity contribution in [3.63, 3.8) is 0 Å². The molecule has 0 amide bonds. The van der Waals surface area contributed by atoms with E-state index in [4.69, 9.17) is 14.7 Å². The molecule has 0 aliphatic heterocycles. The van der Waals surface area contributed by atoms with E-state index in [0.29, 0.717) is 25.7 Å². The van der Waals surface area contributed by atoms with Crippen molar-refractivity contribution in [2.24, 2.45) is 0 Å². The molecule has 0 aromatic heterocycles. The minimum absolute atomic E-state index is 0.117. The Morgan fingerprint density at radius 3 is 2.12 bits per heavy atom. The second kappa shape index (κ2) is 10.5. The van der Waals surface area contributed by atoms with Crippen LogP contribution in [0.1, 0.15) is 40.5 Å². The first-order valence-corrected chi connectivity index (χ1v) is 6.49. The van der Waals surface area contributed by atoms with Gasteiger partial charge in [0.05, 0.1) is 6.07 Å². The van der Waals surface area contributed by atoms with Gasteiger partial charge in [-0.3, -0.25) is 4.90 Å². The monoisotopic (exact) mass is 242 g/mol. The lowest BCUT2D eigenvalue weighted by molar-refractivity contribution is -0.142. The van der Waals surface area contributed by atoms with Crippen LogP contribution in [-0.2, 0) is 9.47 Å². The lowest BCUT2D eigenvalue weighted by Crippen LogP contribution is -2.35. The predicted octanol–water partition coefficient (Wildman–Crippen LogP) is 2.40. The van der Waals surface area contributed by atoms with Crippen molar-refractivity contribution in [1.29, 1.82) is 5.26 Å². The number of ether oxygens (including phenoxy) is 2. The Labute approximate surface area is 105 Å². The normalized spacial score (nSPS) is 11.4. The summed E-state index contributed by atoms with van der Waals surface area (Å²) < 4.78 is 11.0. The van der Waals surface area contributed by atoms with E-state index in [1.807, 2.05) is 13.8 Å². The van der Waals surface area contributed by atoms with Gasteiger partial charge in [-0.15, -0.1) is 0 Å². The number of hydrogen-bond donors (Lipinski definition) is 0. The van der Waals surface area contributed by atoms with Crippen LogP contribution >= 0.6 is 0 Å². The van der Waals surface area contributed by atoms with Gasteiger partial charge in [0, 0.05) is 45.2 Å². The average molecular weight is 242 g/mol. The zero-order valence-corrected chi connectivity index (χ0v) is 11.6. The Hall–Kier alpha value is -0.630. The molecule has 0 bridgehead atoms. The molecule has 0 aromatic carbocycles. The Kier molecular flexibility index (Phi) is 10.1. The SMILES string of the molecule is CCOC(CCN(CCC#N)C(C)C)OCC. The summed E-state index contributed by atoms with van der Waals surface area (Å²) in [6, 6.07) is 2.64. The molecule has 4 nitrogen and oxygen atoms in total. The van der Waals surface area contributed by atoms with Crippen LogP contribution in [0.4, 0.5) is 0 Å². The van der Waals surface area contributed by atoms with E-state index in [-0.39, 0.29) is 6.29 Å². The Morgan fingerprint density at radius 1 is 1.12 bits per heavy atom. The first-order valence-electron chi connectivity index (χ1n) is 6.49. The van der Waals surface area contributed by atoms with E-state index < -0.39 is 0 Å². The topological polar surface area (TPSA) is 45.5 Å². The summed E-state index contributed by atoms with van der Waals surface area (Å²) in [5.74, 6) is 0. The summed E-state index contributed by atoms with van der Waals surface area (Å²) in [6.45, 7) is 11.3. The third-order valence-corrected chi connectivity index (χ3v) is 2.60. The largest absolute Gasteiger partial charge is 0.353 e. The van der Waals surface area contributed by atoms with Crippen molar-refractivity contribution in [2.75, 3.05) is 26.3 Å². The van der Waals surface area contributed by atoms with Crippen LogP contribution in [0.3, 0.4) is 0 Å². The molecule has 0 aliphatic rings. The molecule has 100 valence electrons. The molecule has 0 N–H and O–H groups in total. The maximum absolute atomic E-state index is 8.62. The smallest absolute Gasteiger partial charge is 0.158 e. The molecule has 0 spiro atoms. The van der Waals surface area contributed by atoms with Crippen LogP contribution in [0, 0.1) is 11.3 Å². The quantitative estimate of drug-likeness (QED) is 0.552. The molecule has 0 saturated carbocycles. The van der Waals surface area contributed by atoms with Gasteiger partial charge in [0.1, 0.15) is 0 Å². The summed E-state index contributed by atoms with van der Waals surface area (Å²) in [4.78, 5) is 2.29. The minimum Gasteiger partial charge on any atom is -0.353 e. The van der Waals surface area contributed by atoms with Gasteiger partial charge >= 0.3 is 0 Å². The third kappa shape index (κ3) is 8.14. The van der Waals surface area contributed by atoms with Crippen LogP contribution in [0.15, 0.2) is 0 Å². The van der Waals surface area contributed by atoms with E-state index in [9.17, 15) is 0 Å². The highest BCUT2D eigenvalue weighted by Crippen LogP contribution is 2.06. The van der Waals surface area contributed by atoms with Crippen LogP contribution in [-0.4, -0.2) is 43.5 Å². The zero-order valence-electron chi connectivity index (χ0n) is 11.6. The summed E-state index contributed by atoms with van der Waals surface area (Å²) in [5.41, 5.74) is 0. The van der Waals surface area contributed by atoms with Crippen LogP contribution < -0.4 is 0 Å². The van der Waals surface area contributed by atoms with Gasteiger partial charge in [-0.25, -0.2) is 0 Å². The molecular weight excluding hydrogens is 216 g/mol. The number of rotatable bonds is 10. The molecule has 0 heterocycles. The molecule has 0 atom stereocenters. The fraction of sp³-hybridized carbons (Fsp3) is 0.923. The number of nitrogens with zero attached hydrogens (tertiary/aromatic N) is 2. The second-order valence-corrected chi connectivity index (χ2v) is 4.17. The highest BCUT2D eigenvalue weighted by atomic mass is 16.7. The first kappa shape index (κ1) is 16.4. The first-order chi connectivity index (χ1) is 8.15. The molecule has 0 fully saturated rings. The number of hydrogen-bond acceptors (Lipinski definition) is 4. The maximum Gasteiger partial charge on any atom is 0.158 e. The van der Waals surface area contributed by atoms with Crippen molar-refractivity contribution >= 4 is 0 Å². The van der Waals surface area contributed by atoms with Gasteiger partial charge in [0.15, 0.2) is 6.29 Å². The maximum atomic E-state index is 8.62. The van der Waals surface area contributed by atoms with Crippen LogP contribution in [0.5, 0.6) is 0 Å². The Balaban J connectivity index is 4.02. The van der Waals surface area contributed by atoms with Crippen molar-refractivity contribution in [3.05, 3.63) is 0 Å². The summed E-state index contributed by atoms with van der Waals surface area (Å²) >= 11 is 0. The summed E-state index contributed by atoms with van der Waals surface area (Å²) in [6.07, 6.45) is 1.31. The molecule has 4 heteroatoms. The van der Waals surface area contributed by atoms with Crippen LogP contribution in [0.25, 0.3) is 0 Å². The molecule has 0 radical (unpaired) electrons. The standard InChI is InChI=1S/C13H26N2O2/c1-5-16-13(17-6-2)8-11-15(12(3)4)10-7-9-14/h12-13H,5-8,10-11H2,1-4H3. The summed E-state index contributed by atoms with van der Waals surface area (Å²) in [5, 5.41) is 8.62. The van der Waals surface area contributed by atoms with Gasteiger partial charge in [-0.05, 0) is 27.7 Å². The van der Waals surface area contributed by atoms with E-state index >= 15 is 0 Å². The fourth-order valence-electron chi connectivity index (χ4n) is 1.68. The van der Waals surface area contributed by atoms with E-state index in [1.165, 1.54) is 0 Å². The van der Waals surface area contributed by atoms with E-state index in [1.54, 1.807) is 0 Å². The van der Waals surface area contributed by atoms with Crippen molar-refractivity contribution < 1.29 is 9.47 Å². The molecular formula is C13H26N2O2. The minimum atomic E-state index is -0.117. The highest BCUT2D eigenvalue weighted by molar-refractivity contribution is 4.74. The molecule has 0 aliphatic carbocycles. The predicted molar refractivity (Wildman–Crippen MR) is 68.6 cm³/mol. The van der Waals surface area contributed by atoms with E-state index in [2.05, 4.69) is 24.8 Å². The zero-order chi connectivity index (χ0) is 13.1. The molecule has 0 saturated heterocycles. The van der Waals surface area contributed by atoms with E-state index in [0.717, 1.165) is 19.5 Å². The van der Waals surface area contributed by atoms with Gasteiger partial charge in [0.2, 0.25) is 0 Å². The third-order valence-electron chi connectivity index (χ3n) is 2.60. The fourth-order valence-corrected chi connectivity index (χ4v) is 1.68. The van der Waals surface area contributed by atoms with Crippen molar-refractivity contribution in [2.45, 2.75) is 52.9 Å². The molecule has 0 rings (SSSR count). The highest BCUT2D eigenvalue weighted by Gasteiger charge is 2.13. The van der Waals surface area contributed by atoms with Gasteiger partial charge in [0.25, 0.3) is 0 Å². The molecule has 0 aromatic rings. The summed E-state index contributed by atoms with van der Waals surface area (Å²) in [7, 11) is 0. The molecule has 0 unspecified atom stereocenters. The van der Waals surface area contributed by atoms with Crippen molar-refractivity contribution in [3.8, 4) is 6.07 Å². The lowest BCUT2D eigenvalue weighted by atomic mass is 10.2. The molecule has 17 heavy (non-hydrogen) atoms. The second-order valence-electron chi connectivity index (χ2n) is 4.17. The lowest BCUT2D eigenvalue weighted by Gasteiger charge is -2.27. The van der Waals surface area contributed by atoms with Gasteiger partial charge < -0.3 is 9.47 Å². The van der Waals surface area contributed by atoms with Crippen molar-refractivity contribution in [1.82, 2.24) is 4.90 Å². The Bertz CT molecular complexity index is 208. The number of nitriles is 1. The van der Waals surface area contributed by atoms with Gasteiger partial charge in [-0.1, -0.05) is 0 Å². The van der Waals surface area contributed by atoms with Gasteiger partial charge in [-0.2, -0.15) is 5.26 Å². The van der Waals surface area contributed by atoms with Crippen LogP contribution in [0.2, 0.25) is 0 Å². The Morgan fingerprint density at radius 2 is 1.71 bits per heavy atom. The average Bonchev–Trinajstić information content (AvgIpc) is 2.29.